The zero-order valence-corrected chi connectivity index (χ0v) is 23.0. The number of amides is 3. The molecule has 4 rings (SSSR count). The van der Waals surface area contributed by atoms with Crippen LogP contribution in [-0.4, -0.2) is 80.8 Å². The minimum atomic E-state index is -4.66. The molecule has 1 atom stereocenters. The van der Waals surface area contributed by atoms with Gasteiger partial charge in [-0.15, -0.1) is 11.3 Å². The van der Waals surface area contributed by atoms with E-state index in [9.17, 15) is 36.3 Å². The number of anilines is 2. The lowest BCUT2D eigenvalue weighted by atomic mass is 10.1. The van der Waals surface area contributed by atoms with Crippen molar-refractivity contribution in [2.24, 2.45) is 5.92 Å². The van der Waals surface area contributed by atoms with Crippen LogP contribution in [0.3, 0.4) is 0 Å². The normalized spacial score (nSPS) is 16.7. The standard InChI is InChI=1S/C25H26ClF5N4O5S/c26-20-6-5-19(41-20)23(38)32-10-17(34(11-14-1-2-14)13-25(29,30)31)22(37)33-16-4-3-15(9-18(16)40-24(27)28)35-7-8-39-12-21(35)36/h3-6,9,14,17,24H,1-2,7-8,10-13H2,(H,32,38)(H,33,37)/t17-/m1/s1. The number of alkyl halides is 5. The fourth-order valence-electron chi connectivity index (χ4n) is 4.25. The van der Waals surface area contributed by atoms with Gasteiger partial charge in [-0.3, -0.25) is 19.3 Å². The van der Waals surface area contributed by atoms with Gasteiger partial charge in [0.1, 0.15) is 12.6 Å². The molecule has 2 fully saturated rings. The van der Waals surface area contributed by atoms with Crippen LogP contribution < -0.4 is 20.3 Å². The number of nitrogens with zero attached hydrogens (tertiary/aromatic N) is 2. The first kappa shape index (κ1) is 30.9. The van der Waals surface area contributed by atoms with E-state index in [0.717, 1.165) is 22.3 Å². The molecular weight excluding hydrogens is 599 g/mol. The maximum absolute atomic E-state index is 13.5. The van der Waals surface area contributed by atoms with Gasteiger partial charge < -0.3 is 25.0 Å². The Balaban J connectivity index is 1.59. The predicted molar refractivity (Wildman–Crippen MR) is 141 cm³/mol. The van der Waals surface area contributed by atoms with E-state index >= 15 is 0 Å². The van der Waals surface area contributed by atoms with Gasteiger partial charge in [0.15, 0.2) is 5.75 Å². The topological polar surface area (TPSA) is 100 Å². The number of nitrogens with one attached hydrogen (secondary N) is 2. The molecule has 9 nitrogen and oxygen atoms in total. The molecule has 1 saturated heterocycles. The molecule has 16 heteroatoms. The summed E-state index contributed by atoms with van der Waals surface area (Å²) in [6, 6.07) is 5.12. The second kappa shape index (κ2) is 13.3. The molecule has 1 aromatic heterocycles. The minimum absolute atomic E-state index is 0.0532. The molecule has 0 bridgehead atoms. The maximum atomic E-state index is 13.5. The van der Waals surface area contributed by atoms with Gasteiger partial charge in [0.05, 0.1) is 28.1 Å². The predicted octanol–water partition coefficient (Wildman–Crippen LogP) is 4.38. The largest absolute Gasteiger partial charge is 0.433 e. The van der Waals surface area contributed by atoms with E-state index in [2.05, 4.69) is 15.4 Å². The Kier molecular flexibility index (Phi) is 10.0. The first-order chi connectivity index (χ1) is 19.4. The molecule has 1 aromatic carbocycles. The molecule has 3 amide bonds. The number of benzene rings is 1. The molecule has 0 unspecified atom stereocenters. The van der Waals surface area contributed by atoms with Crippen molar-refractivity contribution in [3.63, 3.8) is 0 Å². The Morgan fingerprint density at radius 3 is 2.59 bits per heavy atom. The van der Waals surface area contributed by atoms with Crippen molar-refractivity contribution in [2.75, 3.05) is 49.6 Å². The summed E-state index contributed by atoms with van der Waals surface area (Å²) in [4.78, 5) is 40.7. The number of carbonyl (C=O) groups excluding carboxylic acids is 3. The van der Waals surface area contributed by atoms with E-state index in [1.54, 1.807) is 0 Å². The summed E-state index contributed by atoms with van der Waals surface area (Å²) in [5.41, 5.74) is -0.0442. The number of hydrogen-bond acceptors (Lipinski definition) is 7. The number of carbonyl (C=O) groups is 3. The molecule has 2 aliphatic rings. The molecule has 0 spiro atoms. The third kappa shape index (κ3) is 8.99. The Bertz CT molecular complexity index is 1260. The Morgan fingerprint density at radius 2 is 1.98 bits per heavy atom. The van der Waals surface area contributed by atoms with Crippen molar-refractivity contribution in [3.8, 4) is 5.75 Å². The van der Waals surface area contributed by atoms with Crippen LogP contribution in [0.25, 0.3) is 0 Å². The Morgan fingerprint density at radius 1 is 1.22 bits per heavy atom. The number of hydrogen-bond donors (Lipinski definition) is 2. The molecule has 2 N–H and O–H groups in total. The lowest BCUT2D eigenvalue weighted by molar-refractivity contribution is -0.154. The monoisotopic (exact) mass is 624 g/mol. The van der Waals surface area contributed by atoms with E-state index in [4.69, 9.17) is 16.3 Å². The molecular formula is C25H26ClF5N4O5S. The highest BCUT2D eigenvalue weighted by molar-refractivity contribution is 7.18. The van der Waals surface area contributed by atoms with Crippen LogP contribution in [0.4, 0.5) is 33.3 Å². The third-order valence-corrected chi connectivity index (χ3v) is 7.53. The number of rotatable bonds is 12. The van der Waals surface area contributed by atoms with Crippen molar-refractivity contribution in [2.45, 2.75) is 31.7 Å². The minimum Gasteiger partial charge on any atom is -0.433 e. The lowest BCUT2D eigenvalue weighted by Gasteiger charge is -2.32. The van der Waals surface area contributed by atoms with Crippen LogP contribution in [0, 0.1) is 5.92 Å². The van der Waals surface area contributed by atoms with Crippen LogP contribution >= 0.6 is 22.9 Å². The number of morpholine rings is 1. The third-order valence-electron chi connectivity index (χ3n) is 6.31. The van der Waals surface area contributed by atoms with Gasteiger partial charge in [0, 0.05) is 31.4 Å². The average Bonchev–Trinajstić information content (AvgIpc) is 3.60. The molecule has 41 heavy (non-hydrogen) atoms. The number of halogens is 6. The molecule has 0 radical (unpaired) electrons. The van der Waals surface area contributed by atoms with Crippen LogP contribution in [0.15, 0.2) is 30.3 Å². The Labute approximate surface area is 240 Å². The van der Waals surface area contributed by atoms with Gasteiger partial charge in [-0.05, 0) is 43.0 Å². The summed E-state index contributed by atoms with van der Waals surface area (Å²) < 4.78 is 77.1. The molecule has 1 saturated carbocycles. The first-order valence-electron chi connectivity index (χ1n) is 12.5. The number of ether oxygens (including phenoxy) is 2. The second-order valence-electron chi connectivity index (χ2n) is 9.46. The summed E-state index contributed by atoms with van der Waals surface area (Å²) in [6.07, 6.45) is -3.28. The summed E-state index contributed by atoms with van der Waals surface area (Å²) in [5.74, 6) is -2.58. The molecule has 1 aliphatic heterocycles. The SMILES string of the molecule is O=C(NC[C@H](C(=O)Nc1ccc(N2CCOCC2=O)cc1OC(F)F)N(CC1CC1)CC(F)(F)F)c1ccc(Cl)s1. The van der Waals surface area contributed by atoms with Gasteiger partial charge >= 0.3 is 12.8 Å². The second-order valence-corrected chi connectivity index (χ2v) is 11.2. The average molecular weight is 625 g/mol. The molecule has 224 valence electrons. The van der Waals surface area contributed by atoms with Gasteiger partial charge in [-0.25, -0.2) is 0 Å². The van der Waals surface area contributed by atoms with Crippen LogP contribution in [0.2, 0.25) is 4.34 Å². The van der Waals surface area contributed by atoms with E-state index in [1.165, 1.54) is 29.2 Å². The molecule has 1 aliphatic carbocycles. The van der Waals surface area contributed by atoms with Gasteiger partial charge in [0.2, 0.25) is 5.91 Å². The zero-order chi connectivity index (χ0) is 29.7. The van der Waals surface area contributed by atoms with Crippen molar-refractivity contribution in [1.82, 2.24) is 10.2 Å². The molecule has 2 heterocycles. The van der Waals surface area contributed by atoms with Crippen LogP contribution in [0.1, 0.15) is 22.5 Å². The fourth-order valence-corrected chi connectivity index (χ4v) is 5.21. The maximum Gasteiger partial charge on any atom is 0.401 e. The quantitative estimate of drug-likeness (QED) is 0.340. The van der Waals surface area contributed by atoms with Crippen molar-refractivity contribution in [1.29, 1.82) is 0 Å². The van der Waals surface area contributed by atoms with Crippen LogP contribution in [0.5, 0.6) is 5.75 Å². The van der Waals surface area contributed by atoms with Crippen molar-refractivity contribution in [3.05, 3.63) is 39.5 Å². The lowest BCUT2D eigenvalue weighted by Crippen LogP contribution is -2.54. The van der Waals surface area contributed by atoms with E-state index in [1.807, 2.05) is 0 Å². The van der Waals surface area contributed by atoms with E-state index < -0.39 is 55.4 Å². The highest BCUT2D eigenvalue weighted by atomic mass is 35.5. The summed E-state index contributed by atoms with van der Waals surface area (Å²) in [6.45, 7) is -5.12. The van der Waals surface area contributed by atoms with E-state index in [-0.39, 0.29) is 48.5 Å². The highest BCUT2D eigenvalue weighted by Gasteiger charge is 2.39. The molecule has 2 aromatic rings. The van der Waals surface area contributed by atoms with Crippen molar-refractivity contribution >= 4 is 52.0 Å². The van der Waals surface area contributed by atoms with Gasteiger partial charge in [0.25, 0.3) is 11.8 Å². The highest BCUT2D eigenvalue weighted by Crippen LogP contribution is 2.34. The van der Waals surface area contributed by atoms with Gasteiger partial charge in [-0.1, -0.05) is 11.6 Å². The van der Waals surface area contributed by atoms with Gasteiger partial charge in [-0.2, -0.15) is 22.0 Å². The summed E-state index contributed by atoms with van der Waals surface area (Å²) in [5, 5.41) is 4.86. The smallest absolute Gasteiger partial charge is 0.401 e. The summed E-state index contributed by atoms with van der Waals surface area (Å²) >= 11 is 6.82. The fraction of sp³-hybridized carbons (Fsp3) is 0.480. The van der Waals surface area contributed by atoms with Crippen LogP contribution in [-0.2, 0) is 14.3 Å². The van der Waals surface area contributed by atoms with E-state index in [0.29, 0.717) is 17.2 Å². The first-order valence-corrected chi connectivity index (χ1v) is 13.7. The number of thiophene rings is 1. The summed E-state index contributed by atoms with van der Waals surface area (Å²) in [7, 11) is 0. The Hall–Kier alpha value is -3.01. The zero-order valence-electron chi connectivity index (χ0n) is 21.4. The van der Waals surface area contributed by atoms with Crippen molar-refractivity contribution < 1.29 is 45.8 Å².